The largest absolute Gasteiger partial charge is 1.00 e. The van der Waals surface area contributed by atoms with Crippen molar-refractivity contribution in [2.45, 2.75) is 31.0 Å². The average Bonchev–Trinajstić information content (AvgIpc) is 2.95. The number of hydrogen-bond donors (Lipinski definition) is 1. The third kappa shape index (κ3) is 3.21. The van der Waals surface area contributed by atoms with Gasteiger partial charge >= 0.3 is 42.0 Å². The molecule has 2 heterocycles. The number of rotatable bonds is 4. The van der Waals surface area contributed by atoms with Crippen LogP contribution in [0.1, 0.15) is 12.8 Å². The van der Waals surface area contributed by atoms with Gasteiger partial charge in [-0.25, -0.2) is 0 Å². The normalized spacial score (nSPS) is 27.6. The Morgan fingerprint density at radius 1 is 1.41 bits per heavy atom. The maximum absolute atomic E-state index is 12.1. The monoisotopic (exact) mass is 330 g/mol. The van der Waals surface area contributed by atoms with Gasteiger partial charge in [-0.05, 0) is 0 Å². The van der Waals surface area contributed by atoms with Crippen LogP contribution in [0, 0.1) is 0 Å². The number of carboxylic acid groups (broad SMARTS) is 1. The van der Waals surface area contributed by atoms with Crippen molar-refractivity contribution in [3.05, 3.63) is 0 Å². The molecule has 0 saturated carbocycles. The van der Waals surface area contributed by atoms with Crippen LogP contribution in [0.4, 0.5) is 8.78 Å². The number of carbonyl (C=O) groups excluding carboxylic acids is 4. The second kappa shape index (κ2) is 6.86. The zero-order valence-corrected chi connectivity index (χ0v) is 13.3. The molecular weight excluding hydrogens is 321 g/mol. The third-order valence-corrected chi connectivity index (χ3v) is 2.98. The molecule has 2 atom stereocenters. The van der Waals surface area contributed by atoms with Crippen molar-refractivity contribution >= 4 is 23.8 Å². The summed E-state index contributed by atoms with van der Waals surface area (Å²) in [5, 5.41) is 13.1. The van der Waals surface area contributed by atoms with Crippen LogP contribution in [-0.2, 0) is 28.8 Å². The van der Waals surface area contributed by atoms with Gasteiger partial charge in [-0.1, -0.05) is 0 Å². The van der Waals surface area contributed by atoms with Crippen molar-refractivity contribution in [2.75, 3.05) is 6.61 Å². The number of nitrogens with zero attached hydrogens (tertiary/aromatic N) is 1. The molecular formula is C10H9F2N2NaO7. The minimum atomic E-state index is -3.34. The molecule has 2 amide bonds. The Labute approximate surface area is 144 Å². The average molecular weight is 330 g/mol. The van der Waals surface area contributed by atoms with E-state index in [1.807, 2.05) is 0 Å². The van der Waals surface area contributed by atoms with E-state index in [-0.39, 0.29) is 41.0 Å². The zero-order chi connectivity index (χ0) is 15.8. The molecule has 0 aliphatic carbocycles. The first-order valence-corrected chi connectivity index (χ1v) is 5.77. The van der Waals surface area contributed by atoms with Gasteiger partial charge in [0.2, 0.25) is 0 Å². The smallest absolute Gasteiger partial charge is 0.544 e. The second-order valence-corrected chi connectivity index (χ2v) is 4.34. The number of aliphatic carboxylic acids is 1. The summed E-state index contributed by atoms with van der Waals surface area (Å²) >= 11 is 0. The number of carboxylic acids is 1. The molecule has 12 heteroatoms. The van der Waals surface area contributed by atoms with Crippen LogP contribution >= 0.6 is 0 Å². The quantitative estimate of drug-likeness (QED) is 0.402. The molecule has 0 spiro atoms. The number of esters is 1. The first kappa shape index (κ1) is 18.7. The first-order chi connectivity index (χ1) is 9.78. The van der Waals surface area contributed by atoms with Gasteiger partial charge in [0.05, 0.1) is 6.42 Å². The fraction of sp³-hybridized carbons (Fsp3) is 0.600. The first-order valence-electron chi connectivity index (χ1n) is 5.77. The van der Waals surface area contributed by atoms with Crippen LogP contribution in [-0.4, -0.2) is 53.6 Å². The molecule has 22 heavy (non-hydrogen) atoms. The SMILES string of the molecule is O=C1CCC(C(=O)[O-])(N2OC[C@H](NC(=O)C(F)F)C2=O)O1.[Na+]. The van der Waals surface area contributed by atoms with Crippen LogP contribution in [0.15, 0.2) is 0 Å². The van der Waals surface area contributed by atoms with Crippen LogP contribution in [0.25, 0.3) is 0 Å². The molecule has 2 rings (SSSR count). The van der Waals surface area contributed by atoms with Crippen molar-refractivity contribution in [2.24, 2.45) is 0 Å². The number of carbonyl (C=O) groups is 4. The summed E-state index contributed by atoms with van der Waals surface area (Å²) in [5.41, 5.74) is -2.45. The molecule has 2 aliphatic heterocycles. The Morgan fingerprint density at radius 2 is 2.05 bits per heavy atom. The van der Waals surface area contributed by atoms with E-state index in [1.54, 1.807) is 5.32 Å². The van der Waals surface area contributed by atoms with Crippen molar-refractivity contribution in [3.63, 3.8) is 0 Å². The van der Waals surface area contributed by atoms with Crippen LogP contribution in [0.5, 0.6) is 0 Å². The minimum absolute atomic E-state index is 0. The van der Waals surface area contributed by atoms with Gasteiger partial charge in [0.15, 0.2) is 0 Å². The maximum Gasteiger partial charge on any atom is 1.00 e. The topological polar surface area (TPSA) is 125 Å². The number of halogens is 2. The van der Waals surface area contributed by atoms with Crippen molar-refractivity contribution in [1.82, 2.24) is 10.4 Å². The Hall–Kier alpha value is -1.30. The van der Waals surface area contributed by atoms with Crippen molar-refractivity contribution < 1.29 is 72.2 Å². The third-order valence-electron chi connectivity index (χ3n) is 2.98. The number of cyclic esters (lactones) is 1. The number of ether oxygens (including phenoxy) is 1. The number of hydroxylamine groups is 2. The fourth-order valence-corrected chi connectivity index (χ4v) is 1.98. The Morgan fingerprint density at radius 3 is 2.50 bits per heavy atom. The van der Waals surface area contributed by atoms with E-state index in [4.69, 9.17) is 4.84 Å². The number of alkyl halides is 2. The molecule has 2 aliphatic rings. The molecule has 0 aromatic rings. The molecule has 2 fully saturated rings. The van der Waals surface area contributed by atoms with E-state index in [2.05, 4.69) is 4.74 Å². The van der Waals surface area contributed by atoms with Gasteiger partial charge in [0.1, 0.15) is 18.6 Å². The van der Waals surface area contributed by atoms with Crippen molar-refractivity contribution in [1.29, 1.82) is 0 Å². The van der Waals surface area contributed by atoms with E-state index in [9.17, 15) is 33.1 Å². The van der Waals surface area contributed by atoms with E-state index < -0.39 is 55.0 Å². The Balaban J connectivity index is 0.00000242. The molecule has 2 saturated heterocycles. The van der Waals surface area contributed by atoms with E-state index in [0.29, 0.717) is 0 Å². The second-order valence-electron chi connectivity index (χ2n) is 4.34. The van der Waals surface area contributed by atoms with Crippen LogP contribution in [0.2, 0.25) is 0 Å². The number of nitrogens with one attached hydrogen (secondary N) is 1. The van der Waals surface area contributed by atoms with E-state index in [1.165, 1.54) is 0 Å². The molecule has 1 N–H and O–H groups in total. The summed E-state index contributed by atoms with van der Waals surface area (Å²) in [6.45, 7) is -0.566. The summed E-state index contributed by atoms with van der Waals surface area (Å²) in [7, 11) is 0. The fourth-order valence-electron chi connectivity index (χ4n) is 1.98. The molecule has 116 valence electrons. The summed E-state index contributed by atoms with van der Waals surface area (Å²) in [4.78, 5) is 49.8. The number of hydrogen-bond acceptors (Lipinski definition) is 7. The van der Waals surface area contributed by atoms with Crippen molar-refractivity contribution in [3.8, 4) is 0 Å². The minimum Gasteiger partial charge on any atom is -0.544 e. The standard InChI is InChI=1S/C10H10F2N2O7.Na/c11-6(12)7(16)13-4-3-20-14(8(4)17)10(9(18)19)2-1-5(15)21-10;/h4,6H,1-3H2,(H,13,16)(H,18,19);/q;+1/p-1/t4-,10?;/m0./s1. The number of amides is 2. The van der Waals surface area contributed by atoms with Gasteiger partial charge in [-0.3, -0.25) is 19.2 Å². The molecule has 0 aromatic carbocycles. The van der Waals surface area contributed by atoms with Gasteiger partial charge < -0.3 is 20.0 Å². The molecule has 0 bridgehead atoms. The predicted octanol–water partition coefficient (Wildman–Crippen LogP) is -5.70. The predicted molar refractivity (Wildman–Crippen MR) is 53.8 cm³/mol. The van der Waals surface area contributed by atoms with E-state index in [0.717, 1.165) is 0 Å². The maximum atomic E-state index is 12.1. The molecule has 1 unspecified atom stereocenters. The van der Waals surface area contributed by atoms with Gasteiger partial charge in [-0.15, -0.1) is 0 Å². The summed E-state index contributed by atoms with van der Waals surface area (Å²) < 4.78 is 28.8. The summed E-state index contributed by atoms with van der Waals surface area (Å²) in [5.74, 6) is -5.59. The summed E-state index contributed by atoms with van der Waals surface area (Å²) in [6.07, 6.45) is -4.03. The zero-order valence-electron chi connectivity index (χ0n) is 11.3. The Bertz CT molecular complexity index is 518. The molecule has 9 nitrogen and oxygen atoms in total. The van der Waals surface area contributed by atoms with Gasteiger partial charge in [0.25, 0.3) is 17.5 Å². The van der Waals surface area contributed by atoms with Crippen LogP contribution < -0.4 is 40.0 Å². The molecule has 0 aromatic heterocycles. The van der Waals surface area contributed by atoms with Gasteiger partial charge in [-0.2, -0.15) is 13.8 Å². The summed E-state index contributed by atoms with van der Waals surface area (Å²) in [6, 6.07) is -1.50. The van der Waals surface area contributed by atoms with E-state index >= 15 is 0 Å². The van der Waals surface area contributed by atoms with Crippen LogP contribution in [0.3, 0.4) is 0 Å². The molecule has 0 radical (unpaired) electrons. The Kier molecular flexibility index (Phi) is 5.84. The van der Waals surface area contributed by atoms with Gasteiger partial charge in [0, 0.05) is 6.42 Å².